The van der Waals surface area contributed by atoms with Crippen molar-refractivity contribution in [2.45, 2.75) is 18.9 Å². The van der Waals surface area contributed by atoms with Gasteiger partial charge in [-0.2, -0.15) is 0 Å². The summed E-state index contributed by atoms with van der Waals surface area (Å²) in [6, 6.07) is 5.59. The molecule has 1 aromatic carbocycles. The fraction of sp³-hybridized carbons (Fsp3) is 0.467. The van der Waals surface area contributed by atoms with Gasteiger partial charge in [0.05, 0.1) is 13.2 Å². The van der Waals surface area contributed by atoms with Gasteiger partial charge in [0.25, 0.3) is 5.91 Å². The van der Waals surface area contributed by atoms with Gasteiger partial charge in [-0.15, -0.1) is 0 Å². The largest absolute Gasteiger partial charge is 0.493 e. The highest BCUT2D eigenvalue weighted by Crippen LogP contribution is 2.29. The molecule has 0 aromatic heterocycles. The Kier molecular flexibility index (Phi) is 5.16. The molecule has 2 rings (SSSR count). The highest BCUT2D eigenvalue weighted by molar-refractivity contribution is 5.96. The van der Waals surface area contributed by atoms with Gasteiger partial charge in [-0.3, -0.25) is 4.79 Å². The van der Waals surface area contributed by atoms with Gasteiger partial charge in [0.1, 0.15) is 5.75 Å². The highest BCUT2D eigenvalue weighted by Gasteiger charge is 2.22. The van der Waals surface area contributed by atoms with Crippen molar-refractivity contribution in [1.82, 2.24) is 5.32 Å². The number of methoxy groups -OCH3 is 1. The molecule has 1 atom stereocenters. The van der Waals surface area contributed by atoms with Crippen LogP contribution >= 0.6 is 0 Å². The van der Waals surface area contributed by atoms with Crippen LogP contribution in [0.5, 0.6) is 5.75 Å². The molecule has 1 aromatic rings. The summed E-state index contributed by atoms with van der Waals surface area (Å²) in [5.41, 5.74) is 0.385. The van der Waals surface area contributed by atoms with Crippen molar-refractivity contribution in [3.05, 3.63) is 29.8 Å². The average molecular weight is 293 g/mol. The first-order valence-corrected chi connectivity index (χ1v) is 6.85. The number of carboxylic acids is 1. The smallest absolute Gasteiger partial charge is 0.328 e. The molecule has 1 aliphatic rings. The molecule has 0 heterocycles. The van der Waals surface area contributed by atoms with Crippen LogP contribution in [0.25, 0.3) is 0 Å². The molecule has 0 bridgehead atoms. The summed E-state index contributed by atoms with van der Waals surface area (Å²) in [5, 5.41) is 11.4. The Morgan fingerprint density at radius 3 is 2.52 bits per heavy atom. The Morgan fingerprint density at radius 2 is 2.00 bits per heavy atom. The van der Waals surface area contributed by atoms with Crippen LogP contribution < -0.4 is 10.1 Å². The van der Waals surface area contributed by atoms with E-state index in [0.29, 0.717) is 23.8 Å². The average Bonchev–Trinajstić information content (AvgIpc) is 3.29. The van der Waals surface area contributed by atoms with E-state index in [9.17, 15) is 9.59 Å². The lowest BCUT2D eigenvalue weighted by atomic mass is 10.2. The lowest BCUT2D eigenvalue weighted by molar-refractivity contribution is -0.140. The summed E-state index contributed by atoms with van der Waals surface area (Å²) in [4.78, 5) is 22.9. The second-order valence-corrected chi connectivity index (χ2v) is 5.10. The number of nitrogens with one attached hydrogen (secondary N) is 1. The van der Waals surface area contributed by atoms with Crippen molar-refractivity contribution in [2.24, 2.45) is 5.92 Å². The van der Waals surface area contributed by atoms with Gasteiger partial charge < -0.3 is 19.9 Å². The SMILES string of the molecule is COCC(NC(=O)c1ccc(OCC2CC2)cc1)C(=O)O. The number of hydrogen-bond acceptors (Lipinski definition) is 4. The monoisotopic (exact) mass is 293 g/mol. The Morgan fingerprint density at radius 1 is 1.33 bits per heavy atom. The first kappa shape index (κ1) is 15.3. The Bertz CT molecular complexity index is 495. The third kappa shape index (κ3) is 4.75. The molecule has 1 unspecified atom stereocenters. The molecule has 6 heteroatoms. The van der Waals surface area contributed by atoms with E-state index in [1.54, 1.807) is 24.3 Å². The zero-order chi connectivity index (χ0) is 15.2. The number of carbonyl (C=O) groups excluding carboxylic acids is 1. The van der Waals surface area contributed by atoms with E-state index in [0.717, 1.165) is 0 Å². The number of ether oxygens (including phenoxy) is 2. The van der Waals surface area contributed by atoms with Crippen LogP contribution in [0.1, 0.15) is 23.2 Å². The molecule has 0 saturated heterocycles. The maximum absolute atomic E-state index is 12.0. The van der Waals surface area contributed by atoms with Gasteiger partial charge in [0, 0.05) is 12.7 Å². The normalized spacial score (nSPS) is 15.3. The molecular weight excluding hydrogens is 274 g/mol. The van der Waals surface area contributed by atoms with Gasteiger partial charge >= 0.3 is 5.97 Å². The van der Waals surface area contributed by atoms with Crippen LogP contribution in [-0.2, 0) is 9.53 Å². The summed E-state index contributed by atoms with van der Waals surface area (Å²) in [7, 11) is 1.38. The Labute approximate surface area is 123 Å². The van der Waals surface area contributed by atoms with Crippen LogP contribution in [0.3, 0.4) is 0 Å². The summed E-state index contributed by atoms with van der Waals surface area (Å²) in [5.74, 6) is -0.203. The van der Waals surface area contributed by atoms with E-state index in [2.05, 4.69) is 5.32 Å². The summed E-state index contributed by atoms with van der Waals surface area (Å²) < 4.78 is 10.3. The van der Waals surface area contributed by atoms with Crippen LogP contribution in [0.4, 0.5) is 0 Å². The molecule has 1 aliphatic carbocycles. The van der Waals surface area contributed by atoms with Crippen molar-refractivity contribution in [3.63, 3.8) is 0 Å². The van der Waals surface area contributed by atoms with Crippen molar-refractivity contribution in [2.75, 3.05) is 20.3 Å². The quantitative estimate of drug-likeness (QED) is 0.754. The molecule has 0 spiro atoms. The topological polar surface area (TPSA) is 84.9 Å². The van der Waals surface area contributed by atoms with Gasteiger partial charge in [0.15, 0.2) is 6.04 Å². The van der Waals surface area contributed by atoms with E-state index in [-0.39, 0.29) is 6.61 Å². The van der Waals surface area contributed by atoms with E-state index >= 15 is 0 Å². The van der Waals surface area contributed by atoms with Crippen LogP contribution in [-0.4, -0.2) is 43.3 Å². The predicted octanol–water partition coefficient (Wildman–Crippen LogP) is 1.30. The summed E-state index contributed by atoms with van der Waals surface area (Å²) in [6.07, 6.45) is 2.44. The van der Waals surface area contributed by atoms with Gasteiger partial charge in [-0.25, -0.2) is 4.79 Å². The maximum atomic E-state index is 12.0. The zero-order valence-corrected chi connectivity index (χ0v) is 11.9. The maximum Gasteiger partial charge on any atom is 0.328 e. The second kappa shape index (κ2) is 7.08. The predicted molar refractivity (Wildman–Crippen MR) is 75.4 cm³/mol. The fourth-order valence-corrected chi connectivity index (χ4v) is 1.78. The van der Waals surface area contributed by atoms with Crippen molar-refractivity contribution < 1.29 is 24.2 Å². The van der Waals surface area contributed by atoms with Crippen molar-refractivity contribution >= 4 is 11.9 Å². The Balaban J connectivity index is 1.90. The molecule has 2 N–H and O–H groups in total. The first-order chi connectivity index (χ1) is 10.1. The minimum absolute atomic E-state index is 0.0797. The van der Waals surface area contributed by atoms with E-state index in [1.807, 2.05) is 0 Å². The molecule has 0 aliphatic heterocycles. The minimum Gasteiger partial charge on any atom is -0.493 e. The molecule has 1 fully saturated rings. The standard InChI is InChI=1S/C15H19NO5/c1-20-9-13(15(18)19)16-14(17)11-4-6-12(7-5-11)21-8-10-2-3-10/h4-7,10,13H,2-3,8-9H2,1H3,(H,16,17)(H,18,19). The number of amides is 1. The molecule has 6 nitrogen and oxygen atoms in total. The van der Waals surface area contributed by atoms with E-state index < -0.39 is 17.9 Å². The van der Waals surface area contributed by atoms with Gasteiger partial charge in [-0.1, -0.05) is 0 Å². The zero-order valence-electron chi connectivity index (χ0n) is 11.9. The van der Waals surface area contributed by atoms with Crippen LogP contribution in [0, 0.1) is 5.92 Å². The lowest BCUT2D eigenvalue weighted by Crippen LogP contribution is -2.43. The number of carbonyl (C=O) groups is 2. The molecule has 0 radical (unpaired) electrons. The minimum atomic E-state index is -1.13. The third-order valence-electron chi connectivity index (χ3n) is 3.24. The molecule has 114 valence electrons. The molecule has 1 saturated carbocycles. The van der Waals surface area contributed by atoms with Crippen molar-refractivity contribution in [3.8, 4) is 5.75 Å². The second-order valence-electron chi connectivity index (χ2n) is 5.10. The number of rotatable bonds is 8. The highest BCUT2D eigenvalue weighted by atomic mass is 16.5. The van der Waals surface area contributed by atoms with Crippen molar-refractivity contribution in [1.29, 1.82) is 0 Å². The van der Waals surface area contributed by atoms with Gasteiger partial charge in [0.2, 0.25) is 0 Å². The summed E-state index contributed by atoms with van der Waals surface area (Å²) >= 11 is 0. The number of aliphatic carboxylic acids is 1. The number of hydrogen-bond donors (Lipinski definition) is 2. The molecular formula is C15H19NO5. The van der Waals surface area contributed by atoms with Crippen LogP contribution in [0.2, 0.25) is 0 Å². The first-order valence-electron chi connectivity index (χ1n) is 6.85. The van der Waals surface area contributed by atoms with E-state index in [4.69, 9.17) is 14.6 Å². The number of benzene rings is 1. The molecule has 1 amide bonds. The van der Waals surface area contributed by atoms with Crippen LogP contribution in [0.15, 0.2) is 24.3 Å². The Hall–Kier alpha value is -2.08. The number of carboxylic acid groups (broad SMARTS) is 1. The molecule has 21 heavy (non-hydrogen) atoms. The van der Waals surface area contributed by atoms with E-state index in [1.165, 1.54) is 20.0 Å². The third-order valence-corrected chi connectivity index (χ3v) is 3.24. The summed E-state index contributed by atoms with van der Waals surface area (Å²) in [6.45, 7) is 0.629. The fourth-order valence-electron chi connectivity index (χ4n) is 1.78. The lowest BCUT2D eigenvalue weighted by Gasteiger charge is -2.13. The van der Waals surface area contributed by atoms with Gasteiger partial charge in [-0.05, 0) is 43.0 Å².